The first kappa shape index (κ1) is 19.5. The summed E-state index contributed by atoms with van der Waals surface area (Å²) in [5, 5.41) is 6.52. The lowest BCUT2D eigenvalue weighted by Gasteiger charge is -2.21. The van der Waals surface area contributed by atoms with Crippen LogP contribution in [0.1, 0.15) is 67.6 Å². The number of nitrogens with zero attached hydrogens (tertiary/aromatic N) is 2. The molecule has 0 aliphatic rings. The van der Waals surface area contributed by atoms with Crippen LogP contribution in [0.5, 0.6) is 0 Å². The Balaban J connectivity index is 1.85. The molecule has 0 radical (unpaired) electrons. The molecule has 1 atom stereocenters. The molecule has 3 N–H and O–H groups in total. The van der Waals surface area contributed by atoms with Gasteiger partial charge in [-0.05, 0) is 29.5 Å². The zero-order valence-corrected chi connectivity index (χ0v) is 17.1. The smallest absolute Gasteiger partial charge is 0.275 e. The number of amides is 1. The first-order valence-corrected chi connectivity index (χ1v) is 10.1. The van der Waals surface area contributed by atoms with E-state index < -0.39 is 0 Å². The maximum absolute atomic E-state index is 12.6. The summed E-state index contributed by atoms with van der Waals surface area (Å²) in [4.78, 5) is 21.5. The zero-order chi connectivity index (χ0) is 19.6. The summed E-state index contributed by atoms with van der Waals surface area (Å²) in [6.45, 7) is 8.59. The van der Waals surface area contributed by atoms with Gasteiger partial charge in [0, 0.05) is 10.8 Å². The molecule has 0 fully saturated rings. The second-order valence-electron chi connectivity index (χ2n) is 7.77. The molecular formula is C21H26N4OS. The maximum Gasteiger partial charge on any atom is 0.275 e. The van der Waals surface area contributed by atoms with Gasteiger partial charge in [-0.2, -0.15) is 0 Å². The molecule has 3 aromatic rings. The second-order valence-corrected chi connectivity index (χ2v) is 8.66. The minimum absolute atomic E-state index is 0.0109. The molecule has 0 saturated heterocycles. The van der Waals surface area contributed by atoms with E-state index in [1.807, 2.05) is 18.2 Å². The summed E-state index contributed by atoms with van der Waals surface area (Å²) in [5.74, 6) is -0.240. The molecule has 2 aromatic heterocycles. The van der Waals surface area contributed by atoms with Crippen molar-refractivity contribution >= 4 is 33.8 Å². The number of benzene rings is 1. The van der Waals surface area contributed by atoms with Crippen LogP contribution in [0.2, 0.25) is 0 Å². The third kappa shape index (κ3) is 4.34. The van der Waals surface area contributed by atoms with E-state index in [0.717, 1.165) is 28.8 Å². The van der Waals surface area contributed by atoms with Crippen molar-refractivity contribution in [2.24, 2.45) is 5.73 Å². The van der Waals surface area contributed by atoms with Gasteiger partial charge < -0.3 is 11.1 Å². The Kier molecular flexibility index (Phi) is 5.58. The fourth-order valence-electron chi connectivity index (χ4n) is 3.06. The number of nitrogens with two attached hydrogens (primary N) is 1. The lowest BCUT2D eigenvalue weighted by Crippen LogP contribution is -2.15. The molecule has 6 heteroatoms. The van der Waals surface area contributed by atoms with Crippen LogP contribution in [-0.2, 0) is 5.41 Å². The Bertz CT molecular complexity index is 958. The van der Waals surface area contributed by atoms with Crippen LogP contribution in [0.25, 0.3) is 10.9 Å². The van der Waals surface area contributed by atoms with Crippen molar-refractivity contribution in [1.82, 2.24) is 9.97 Å². The quantitative estimate of drug-likeness (QED) is 0.648. The van der Waals surface area contributed by atoms with Crippen LogP contribution in [0, 0.1) is 0 Å². The van der Waals surface area contributed by atoms with Gasteiger partial charge in [-0.3, -0.25) is 9.78 Å². The lowest BCUT2D eigenvalue weighted by atomic mass is 9.84. The molecule has 0 bridgehead atoms. The van der Waals surface area contributed by atoms with Gasteiger partial charge in [0.15, 0.2) is 0 Å². The maximum atomic E-state index is 12.6. The molecule has 0 aliphatic heterocycles. The third-order valence-electron chi connectivity index (χ3n) is 4.46. The van der Waals surface area contributed by atoms with Gasteiger partial charge in [-0.25, -0.2) is 4.98 Å². The molecule has 1 amide bonds. The van der Waals surface area contributed by atoms with Gasteiger partial charge in [-0.1, -0.05) is 46.2 Å². The monoisotopic (exact) mass is 382 g/mol. The fourth-order valence-corrected chi connectivity index (χ4v) is 3.90. The number of carbonyl (C=O) groups excluding carboxylic acids is 1. The number of anilines is 1. The lowest BCUT2D eigenvalue weighted by molar-refractivity contribution is 0.102. The van der Waals surface area contributed by atoms with Crippen LogP contribution in [0.15, 0.2) is 35.8 Å². The molecule has 3 rings (SSSR count). The molecule has 5 nitrogen and oxygen atoms in total. The summed E-state index contributed by atoms with van der Waals surface area (Å²) in [6.07, 6.45) is 3.53. The number of thiazole rings is 1. The highest BCUT2D eigenvalue weighted by atomic mass is 32.1. The summed E-state index contributed by atoms with van der Waals surface area (Å²) in [5.41, 5.74) is 9.26. The SMILES string of the molecule is CCC[C@@H](N)c1nc(C(=O)Nc2cnc3cccc(C(C)(C)C)c3c2)cs1. The van der Waals surface area contributed by atoms with E-state index in [9.17, 15) is 4.79 Å². The number of hydrogen-bond acceptors (Lipinski definition) is 5. The molecule has 0 spiro atoms. The zero-order valence-electron chi connectivity index (χ0n) is 16.2. The first-order valence-electron chi connectivity index (χ1n) is 9.21. The standard InChI is InChI=1S/C21H26N4OS/c1-5-7-16(22)20-25-18(12-27-20)19(26)24-13-10-14-15(21(2,3)4)8-6-9-17(14)23-11-13/h6,8-12,16H,5,7,22H2,1-4H3,(H,24,26)/t16-/m1/s1. The predicted octanol–water partition coefficient (Wildman–Crippen LogP) is 5.04. The third-order valence-corrected chi connectivity index (χ3v) is 5.44. The summed E-state index contributed by atoms with van der Waals surface area (Å²) in [6, 6.07) is 7.98. The second kappa shape index (κ2) is 7.74. The molecule has 0 unspecified atom stereocenters. The first-order chi connectivity index (χ1) is 12.8. The van der Waals surface area contributed by atoms with Crippen LogP contribution >= 0.6 is 11.3 Å². The highest BCUT2D eigenvalue weighted by Gasteiger charge is 2.18. The van der Waals surface area contributed by atoms with Crippen molar-refractivity contribution in [3.63, 3.8) is 0 Å². The Morgan fingerprint density at radius 3 is 2.81 bits per heavy atom. The van der Waals surface area contributed by atoms with Crippen LogP contribution in [0.3, 0.4) is 0 Å². The molecule has 1 aromatic carbocycles. The molecule has 0 saturated carbocycles. The van der Waals surface area contributed by atoms with Gasteiger partial charge in [0.2, 0.25) is 0 Å². The van der Waals surface area contributed by atoms with E-state index >= 15 is 0 Å². The van der Waals surface area contributed by atoms with Crippen LogP contribution in [0.4, 0.5) is 5.69 Å². The summed E-state index contributed by atoms with van der Waals surface area (Å²) in [7, 11) is 0. The summed E-state index contributed by atoms with van der Waals surface area (Å²) >= 11 is 1.43. The van der Waals surface area contributed by atoms with Gasteiger partial charge in [0.25, 0.3) is 5.91 Å². The van der Waals surface area contributed by atoms with Gasteiger partial charge in [-0.15, -0.1) is 11.3 Å². The number of nitrogens with one attached hydrogen (secondary N) is 1. The Morgan fingerprint density at radius 2 is 2.11 bits per heavy atom. The van der Waals surface area contributed by atoms with E-state index in [2.05, 4.69) is 49.0 Å². The van der Waals surface area contributed by atoms with Crippen molar-refractivity contribution < 1.29 is 4.79 Å². The van der Waals surface area contributed by atoms with Gasteiger partial charge in [0.1, 0.15) is 10.7 Å². The molecule has 142 valence electrons. The van der Waals surface area contributed by atoms with Crippen molar-refractivity contribution in [3.05, 3.63) is 52.1 Å². The number of aromatic nitrogens is 2. The van der Waals surface area contributed by atoms with Crippen molar-refractivity contribution in [2.75, 3.05) is 5.32 Å². The van der Waals surface area contributed by atoms with Crippen LogP contribution < -0.4 is 11.1 Å². The van der Waals surface area contributed by atoms with E-state index in [4.69, 9.17) is 5.73 Å². The minimum Gasteiger partial charge on any atom is -0.322 e. The molecule has 27 heavy (non-hydrogen) atoms. The van der Waals surface area contributed by atoms with Gasteiger partial charge in [0.05, 0.1) is 23.4 Å². The predicted molar refractivity (Wildman–Crippen MR) is 112 cm³/mol. The fraction of sp³-hybridized carbons (Fsp3) is 0.381. The Hall–Kier alpha value is -2.31. The molecule has 2 heterocycles. The number of rotatable bonds is 5. The molecular weight excluding hydrogens is 356 g/mol. The Morgan fingerprint density at radius 1 is 1.33 bits per heavy atom. The van der Waals surface area contributed by atoms with Crippen molar-refractivity contribution in [2.45, 2.75) is 52.0 Å². The van der Waals surface area contributed by atoms with Crippen LogP contribution in [-0.4, -0.2) is 15.9 Å². The summed E-state index contributed by atoms with van der Waals surface area (Å²) < 4.78 is 0. The number of carbonyl (C=O) groups is 1. The van der Waals surface area contributed by atoms with Crippen molar-refractivity contribution in [3.8, 4) is 0 Å². The average molecular weight is 383 g/mol. The van der Waals surface area contributed by atoms with E-state index in [1.54, 1.807) is 11.6 Å². The van der Waals surface area contributed by atoms with E-state index in [0.29, 0.717) is 11.4 Å². The minimum atomic E-state index is -0.240. The highest BCUT2D eigenvalue weighted by molar-refractivity contribution is 7.09. The van der Waals surface area contributed by atoms with Gasteiger partial charge >= 0.3 is 0 Å². The number of pyridine rings is 1. The normalized spacial score (nSPS) is 12.9. The van der Waals surface area contributed by atoms with Crippen molar-refractivity contribution in [1.29, 1.82) is 0 Å². The number of hydrogen-bond donors (Lipinski definition) is 2. The molecule has 0 aliphatic carbocycles. The Labute approximate surface area is 164 Å². The number of fused-ring (bicyclic) bond motifs is 1. The van der Waals surface area contributed by atoms with E-state index in [1.165, 1.54) is 16.9 Å². The topological polar surface area (TPSA) is 80.9 Å². The average Bonchev–Trinajstić information content (AvgIpc) is 3.11. The largest absolute Gasteiger partial charge is 0.322 e. The highest BCUT2D eigenvalue weighted by Crippen LogP contribution is 2.30. The van der Waals surface area contributed by atoms with E-state index in [-0.39, 0.29) is 17.4 Å².